The van der Waals surface area contributed by atoms with Crippen LogP contribution in [0.1, 0.15) is 49.3 Å². The van der Waals surface area contributed by atoms with Gasteiger partial charge in [-0.05, 0) is 60.4 Å². The highest BCUT2D eigenvalue weighted by molar-refractivity contribution is 5.99. The standard InChI is InChI=1S/C29H34N4O3.2ClH/c1-3-35-29(34)27(17-20-4-5-23-18-24(28(31)32)7-6-22(23)16-20)21-8-10-25(11-9-21)36-26-12-14-33(15-13-26)19(2)30;;/h4-11,16,18,26-27,30H,3,12-15,17H2,1-2H3,(H3,31,32);2*1H. The van der Waals surface area contributed by atoms with E-state index in [9.17, 15) is 4.79 Å². The van der Waals surface area contributed by atoms with Gasteiger partial charge in [-0.1, -0.05) is 42.5 Å². The summed E-state index contributed by atoms with van der Waals surface area (Å²) in [5.74, 6) is 0.774. The van der Waals surface area contributed by atoms with Crippen LogP contribution >= 0.6 is 24.8 Å². The first kappa shape index (κ1) is 30.9. The average Bonchev–Trinajstić information content (AvgIpc) is 2.88. The Balaban J connectivity index is 0.00000253. The molecule has 0 radical (unpaired) electrons. The first-order chi connectivity index (χ1) is 17.3. The van der Waals surface area contributed by atoms with E-state index in [4.69, 9.17) is 26.0 Å². The van der Waals surface area contributed by atoms with Crippen molar-refractivity contribution < 1.29 is 14.3 Å². The number of hydrogen-bond donors (Lipinski definition) is 3. The molecule has 0 aliphatic carbocycles. The van der Waals surface area contributed by atoms with Crippen LogP contribution in [-0.4, -0.2) is 48.3 Å². The lowest BCUT2D eigenvalue weighted by Gasteiger charge is -2.32. The number of benzene rings is 3. The number of carbonyl (C=O) groups is 1. The van der Waals surface area contributed by atoms with Crippen LogP contribution in [0.25, 0.3) is 10.8 Å². The van der Waals surface area contributed by atoms with Crippen molar-refractivity contribution in [3.8, 4) is 5.75 Å². The van der Waals surface area contributed by atoms with Gasteiger partial charge >= 0.3 is 5.97 Å². The molecule has 1 fully saturated rings. The number of esters is 1. The predicted octanol–water partition coefficient (Wildman–Crippen LogP) is 5.70. The molecule has 1 atom stereocenters. The monoisotopic (exact) mass is 558 g/mol. The molecule has 0 spiro atoms. The number of nitrogens with one attached hydrogen (secondary N) is 2. The summed E-state index contributed by atoms with van der Waals surface area (Å²) in [6.07, 6.45) is 2.43. The van der Waals surface area contributed by atoms with E-state index in [1.165, 1.54) is 0 Å². The van der Waals surface area contributed by atoms with Crippen LogP contribution in [0, 0.1) is 10.8 Å². The Labute approximate surface area is 236 Å². The van der Waals surface area contributed by atoms with E-state index in [0.29, 0.717) is 24.4 Å². The van der Waals surface area contributed by atoms with Gasteiger partial charge in [-0.2, -0.15) is 0 Å². The van der Waals surface area contributed by atoms with Gasteiger partial charge in [0.15, 0.2) is 0 Å². The van der Waals surface area contributed by atoms with Crippen LogP contribution in [-0.2, 0) is 16.0 Å². The Kier molecular flexibility index (Phi) is 11.4. The Hall–Kier alpha value is -3.29. The molecule has 1 aliphatic heterocycles. The van der Waals surface area contributed by atoms with Crippen molar-refractivity contribution in [2.45, 2.75) is 45.1 Å². The first-order valence-corrected chi connectivity index (χ1v) is 12.4. The molecular formula is C29H36Cl2N4O3. The highest BCUT2D eigenvalue weighted by atomic mass is 35.5. The van der Waals surface area contributed by atoms with E-state index < -0.39 is 5.92 Å². The number of piperidine rings is 1. The van der Waals surface area contributed by atoms with Crippen LogP contribution in [0.2, 0.25) is 0 Å². The third-order valence-corrected chi connectivity index (χ3v) is 6.73. The summed E-state index contributed by atoms with van der Waals surface area (Å²) in [6.45, 7) is 5.65. The molecule has 0 saturated carbocycles. The highest BCUT2D eigenvalue weighted by Crippen LogP contribution is 2.28. The second-order valence-corrected chi connectivity index (χ2v) is 9.28. The maximum atomic E-state index is 12.9. The second-order valence-electron chi connectivity index (χ2n) is 9.28. The smallest absolute Gasteiger partial charge is 0.313 e. The van der Waals surface area contributed by atoms with Crippen molar-refractivity contribution in [3.05, 3.63) is 77.4 Å². The fourth-order valence-electron chi connectivity index (χ4n) is 4.69. The van der Waals surface area contributed by atoms with Crippen molar-refractivity contribution in [1.29, 1.82) is 10.8 Å². The summed E-state index contributed by atoms with van der Waals surface area (Å²) in [5.41, 5.74) is 8.23. The Morgan fingerprint density at radius 2 is 1.63 bits per heavy atom. The van der Waals surface area contributed by atoms with Crippen LogP contribution in [0.5, 0.6) is 5.75 Å². The molecule has 0 aromatic heterocycles. The van der Waals surface area contributed by atoms with E-state index in [2.05, 4.69) is 11.0 Å². The normalized spacial score (nSPS) is 14.1. The number of nitrogens with two attached hydrogens (primary N) is 1. The number of likely N-dealkylation sites (tertiary alicyclic amines) is 1. The van der Waals surface area contributed by atoms with E-state index >= 15 is 0 Å². The zero-order valence-electron chi connectivity index (χ0n) is 21.7. The minimum absolute atomic E-state index is 0. The van der Waals surface area contributed by atoms with E-state index in [1.54, 1.807) is 0 Å². The molecule has 1 saturated heterocycles. The van der Waals surface area contributed by atoms with Gasteiger partial charge in [-0.25, -0.2) is 0 Å². The molecule has 7 nitrogen and oxygen atoms in total. The third kappa shape index (κ3) is 7.62. The summed E-state index contributed by atoms with van der Waals surface area (Å²) in [5, 5.41) is 17.5. The molecule has 1 unspecified atom stereocenters. The van der Waals surface area contributed by atoms with Crippen molar-refractivity contribution in [1.82, 2.24) is 4.90 Å². The summed E-state index contributed by atoms with van der Waals surface area (Å²) in [7, 11) is 0. The number of rotatable bonds is 8. The maximum absolute atomic E-state index is 12.9. The SMILES string of the molecule is CCOC(=O)C(Cc1ccc2cc(C(=N)N)ccc2c1)c1ccc(OC2CCN(C(C)=N)CC2)cc1.Cl.Cl. The lowest BCUT2D eigenvalue weighted by atomic mass is 9.91. The van der Waals surface area contributed by atoms with Crippen molar-refractivity contribution >= 4 is 53.2 Å². The number of carbonyl (C=O) groups excluding carboxylic acids is 1. The Morgan fingerprint density at radius 3 is 2.24 bits per heavy atom. The summed E-state index contributed by atoms with van der Waals surface area (Å²) in [4.78, 5) is 15.0. The molecule has 1 aliphatic rings. The predicted molar refractivity (Wildman–Crippen MR) is 158 cm³/mol. The minimum atomic E-state index is -0.424. The fraction of sp³-hybridized carbons (Fsp3) is 0.345. The number of amidine groups is 2. The number of fused-ring (bicyclic) bond motifs is 1. The number of nitrogen functional groups attached to an aromatic ring is 1. The molecule has 3 aromatic rings. The molecule has 9 heteroatoms. The Bertz CT molecular complexity index is 1260. The van der Waals surface area contributed by atoms with Gasteiger partial charge in [0.05, 0.1) is 18.4 Å². The quantitative estimate of drug-likeness (QED) is 0.186. The maximum Gasteiger partial charge on any atom is 0.313 e. The molecule has 204 valence electrons. The van der Waals surface area contributed by atoms with Crippen LogP contribution < -0.4 is 10.5 Å². The molecule has 1 heterocycles. The first-order valence-electron chi connectivity index (χ1n) is 12.4. The lowest BCUT2D eigenvalue weighted by molar-refractivity contribution is -0.144. The summed E-state index contributed by atoms with van der Waals surface area (Å²) < 4.78 is 11.6. The molecule has 4 N–H and O–H groups in total. The molecule has 38 heavy (non-hydrogen) atoms. The Morgan fingerprint density at radius 1 is 1.00 bits per heavy atom. The van der Waals surface area contributed by atoms with Gasteiger partial charge in [-0.3, -0.25) is 15.6 Å². The van der Waals surface area contributed by atoms with Gasteiger partial charge < -0.3 is 20.1 Å². The zero-order valence-corrected chi connectivity index (χ0v) is 23.4. The molecule has 0 bridgehead atoms. The van der Waals surface area contributed by atoms with Crippen LogP contribution in [0.4, 0.5) is 0 Å². The lowest BCUT2D eigenvalue weighted by Crippen LogP contribution is -2.40. The van der Waals surface area contributed by atoms with Gasteiger partial charge in [0.2, 0.25) is 0 Å². The molecular weight excluding hydrogens is 523 g/mol. The van der Waals surface area contributed by atoms with Crippen molar-refractivity contribution in [2.75, 3.05) is 19.7 Å². The minimum Gasteiger partial charge on any atom is -0.490 e. The fourth-order valence-corrected chi connectivity index (χ4v) is 4.69. The van der Waals surface area contributed by atoms with E-state index in [0.717, 1.165) is 53.6 Å². The zero-order chi connectivity index (χ0) is 25.7. The third-order valence-electron chi connectivity index (χ3n) is 6.73. The summed E-state index contributed by atoms with van der Waals surface area (Å²) >= 11 is 0. The molecule has 0 amide bonds. The second kappa shape index (κ2) is 14.0. The van der Waals surface area contributed by atoms with E-state index in [-0.39, 0.29) is 42.7 Å². The van der Waals surface area contributed by atoms with Gasteiger partial charge in [-0.15, -0.1) is 24.8 Å². The van der Waals surface area contributed by atoms with E-state index in [1.807, 2.05) is 68.4 Å². The number of halogens is 2. The highest BCUT2D eigenvalue weighted by Gasteiger charge is 2.24. The number of nitrogens with zero attached hydrogens (tertiary/aromatic N) is 1. The summed E-state index contributed by atoms with van der Waals surface area (Å²) in [6, 6.07) is 19.5. The van der Waals surface area contributed by atoms with Crippen LogP contribution in [0.15, 0.2) is 60.7 Å². The number of hydrogen-bond acceptors (Lipinski definition) is 5. The largest absolute Gasteiger partial charge is 0.490 e. The van der Waals surface area contributed by atoms with Gasteiger partial charge in [0.25, 0.3) is 0 Å². The van der Waals surface area contributed by atoms with Crippen molar-refractivity contribution in [3.63, 3.8) is 0 Å². The topological polar surface area (TPSA) is 112 Å². The molecule has 4 rings (SSSR count). The number of ether oxygens (including phenoxy) is 2. The molecule has 3 aromatic carbocycles. The van der Waals surface area contributed by atoms with Crippen molar-refractivity contribution in [2.24, 2.45) is 5.73 Å². The van der Waals surface area contributed by atoms with Gasteiger partial charge in [0.1, 0.15) is 17.7 Å². The van der Waals surface area contributed by atoms with Crippen LogP contribution in [0.3, 0.4) is 0 Å². The average molecular weight is 560 g/mol. The van der Waals surface area contributed by atoms with Gasteiger partial charge in [0, 0.05) is 31.5 Å².